The summed E-state index contributed by atoms with van der Waals surface area (Å²) in [5.41, 5.74) is 0.945. The summed E-state index contributed by atoms with van der Waals surface area (Å²) in [5, 5.41) is 4.52. The summed E-state index contributed by atoms with van der Waals surface area (Å²) in [7, 11) is 1.30. The van der Waals surface area contributed by atoms with Gasteiger partial charge in [0.25, 0.3) is 0 Å². The number of anilines is 1. The first-order valence-corrected chi connectivity index (χ1v) is 7.35. The maximum absolute atomic E-state index is 11.5. The Hall–Kier alpha value is -1.30. The summed E-state index contributed by atoms with van der Waals surface area (Å²) in [6, 6.07) is 7.47. The Morgan fingerprint density at radius 1 is 1.40 bits per heavy atom. The molecule has 1 heterocycles. The van der Waals surface area contributed by atoms with Crippen molar-refractivity contribution in [2.24, 2.45) is 0 Å². The summed E-state index contributed by atoms with van der Waals surface area (Å²) in [6.07, 6.45) is 0. The van der Waals surface area contributed by atoms with Crippen molar-refractivity contribution >= 4 is 45.6 Å². The number of aromatic nitrogens is 1. The highest BCUT2D eigenvalue weighted by molar-refractivity contribution is 7.18. The fraction of sp³-hybridized carbons (Fsp3) is 0.231. The molecular formula is C13H12Cl2N2O2S. The number of hydrogen-bond acceptors (Lipinski definition) is 5. The van der Waals surface area contributed by atoms with Crippen LogP contribution in [0, 0.1) is 0 Å². The fourth-order valence-electron chi connectivity index (χ4n) is 1.67. The predicted molar refractivity (Wildman–Crippen MR) is 82.0 cm³/mol. The lowest BCUT2D eigenvalue weighted by atomic mass is 10.1. The van der Waals surface area contributed by atoms with Gasteiger partial charge >= 0.3 is 5.97 Å². The molecule has 7 heteroatoms. The lowest BCUT2D eigenvalue weighted by Gasteiger charge is -2.14. The maximum atomic E-state index is 11.5. The van der Waals surface area contributed by atoms with E-state index in [2.05, 4.69) is 15.0 Å². The molecule has 20 heavy (non-hydrogen) atoms. The molecule has 4 nitrogen and oxygen atoms in total. The van der Waals surface area contributed by atoms with Crippen LogP contribution < -0.4 is 5.32 Å². The van der Waals surface area contributed by atoms with Crippen LogP contribution in [0.4, 0.5) is 5.13 Å². The molecule has 0 aliphatic heterocycles. The van der Waals surface area contributed by atoms with Gasteiger partial charge in [0.15, 0.2) is 15.2 Å². The highest BCUT2D eigenvalue weighted by Gasteiger charge is 2.19. The summed E-state index contributed by atoms with van der Waals surface area (Å²) in [4.78, 5) is 15.9. The Bertz CT molecular complexity index is 631. The molecule has 0 spiro atoms. The second kappa shape index (κ2) is 6.43. The molecule has 0 fully saturated rings. The fourth-order valence-corrected chi connectivity index (χ4v) is 3.16. The average molecular weight is 331 g/mol. The third kappa shape index (κ3) is 3.23. The number of carbonyl (C=O) groups is 1. The molecular weight excluding hydrogens is 319 g/mol. The summed E-state index contributed by atoms with van der Waals surface area (Å²) in [6.45, 7) is 1.95. The number of rotatable bonds is 4. The minimum atomic E-state index is -0.494. The number of nitrogens with one attached hydrogen (secondary N) is 1. The topological polar surface area (TPSA) is 51.2 Å². The van der Waals surface area contributed by atoms with Gasteiger partial charge in [0.2, 0.25) is 0 Å². The van der Waals surface area contributed by atoms with Gasteiger partial charge in [-0.25, -0.2) is 9.78 Å². The number of thiazole rings is 1. The van der Waals surface area contributed by atoms with Gasteiger partial charge in [0, 0.05) is 5.02 Å². The molecule has 106 valence electrons. The van der Waals surface area contributed by atoms with Crippen molar-refractivity contribution in [2.75, 3.05) is 12.4 Å². The number of carbonyl (C=O) groups excluding carboxylic acids is 1. The Kier molecular flexibility index (Phi) is 4.86. The normalized spacial score (nSPS) is 12.0. The van der Waals surface area contributed by atoms with Crippen LogP contribution in [0.25, 0.3) is 0 Å². The molecule has 0 saturated carbocycles. The van der Waals surface area contributed by atoms with E-state index in [4.69, 9.17) is 23.2 Å². The standard InChI is InChI=1S/C13H12Cl2N2O2S/c1-7(8-5-3-4-6-9(8)14)16-13-17-11(15)10(20-13)12(18)19-2/h3-7H,1-2H3,(H,16,17). The number of benzene rings is 1. The number of esters is 1. The molecule has 1 aromatic heterocycles. The largest absolute Gasteiger partial charge is 0.465 e. The van der Waals surface area contributed by atoms with Crippen molar-refractivity contribution in [3.05, 3.63) is 44.9 Å². The number of ether oxygens (including phenoxy) is 1. The van der Waals surface area contributed by atoms with E-state index in [1.54, 1.807) is 0 Å². The van der Waals surface area contributed by atoms with Gasteiger partial charge in [0.05, 0.1) is 13.2 Å². The van der Waals surface area contributed by atoms with E-state index in [-0.39, 0.29) is 16.1 Å². The van der Waals surface area contributed by atoms with Crippen molar-refractivity contribution in [3.63, 3.8) is 0 Å². The molecule has 1 N–H and O–H groups in total. The van der Waals surface area contributed by atoms with Gasteiger partial charge in [0.1, 0.15) is 0 Å². The Balaban J connectivity index is 2.18. The van der Waals surface area contributed by atoms with E-state index in [0.29, 0.717) is 10.2 Å². The quantitative estimate of drug-likeness (QED) is 0.843. The van der Waals surface area contributed by atoms with Crippen LogP contribution in [0.1, 0.15) is 28.2 Å². The molecule has 0 radical (unpaired) electrons. The SMILES string of the molecule is COC(=O)c1sc(NC(C)c2ccccc2Cl)nc1Cl. The van der Waals surface area contributed by atoms with Crippen LogP contribution in [-0.4, -0.2) is 18.1 Å². The van der Waals surface area contributed by atoms with E-state index in [1.165, 1.54) is 7.11 Å². The molecule has 2 rings (SSSR count). The van der Waals surface area contributed by atoms with E-state index in [1.807, 2.05) is 31.2 Å². The maximum Gasteiger partial charge on any atom is 0.351 e. The van der Waals surface area contributed by atoms with Crippen LogP contribution in [0.5, 0.6) is 0 Å². The van der Waals surface area contributed by atoms with Crippen molar-refractivity contribution in [2.45, 2.75) is 13.0 Å². The molecule has 0 amide bonds. The predicted octanol–water partition coefficient (Wildman–Crippen LogP) is 4.41. The zero-order chi connectivity index (χ0) is 14.7. The average Bonchev–Trinajstić information content (AvgIpc) is 2.79. The Morgan fingerprint density at radius 2 is 2.10 bits per heavy atom. The van der Waals surface area contributed by atoms with E-state index in [9.17, 15) is 4.79 Å². The molecule has 0 bridgehead atoms. The first-order valence-electron chi connectivity index (χ1n) is 5.78. The molecule has 0 aliphatic carbocycles. The number of nitrogens with zero attached hydrogens (tertiary/aromatic N) is 1. The van der Waals surface area contributed by atoms with Gasteiger partial charge in [-0.2, -0.15) is 0 Å². The first kappa shape index (κ1) is 15.1. The number of methoxy groups -OCH3 is 1. The van der Waals surface area contributed by atoms with Gasteiger partial charge in [-0.05, 0) is 18.6 Å². The molecule has 0 aliphatic rings. The summed E-state index contributed by atoms with van der Waals surface area (Å²) in [5.74, 6) is -0.494. The van der Waals surface area contributed by atoms with Gasteiger partial charge in [-0.1, -0.05) is 52.7 Å². The molecule has 1 aromatic carbocycles. The van der Waals surface area contributed by atoms with Gasteiger partial charge in [-0.3, -0.25) is 0 Å². The molecule has 1 unspecified atom stereocenters. The third-order valence-corrected chi connectivity index (χ3v) is 4.36. The van der Waals surface area contributed by atoms with Crippen molar-refractivity contribution in [1.82, 2.24) is 4.98 Å². The van der Waals surface area contributed by atoms with Crippen LogP contribution in [-0.2, 0) is 4.74 Å². The van der Waals surface area contributed by atoms with Crippen LogP contribution in [0.3, 0.4) is 0 Å². The van der Waals surface area contributed by atoms with Crippen molar-refractivity contribution < 1.29 is 9.53 Å². The monoisotopic (exact) mass is 330 g/mol. The molecule has 2 aromatic rings. The Morgan fingerprint density at radius 3 is 2.75 bits per heavy atom. The second-order valence-electron chi connectivity index (χ2n) is 4.02. The van der Waals surface area contributed by atoms with Crippen LogP contribution in [0.2, 0.25) is 10.2 Å². The molecule has 1 atom stereocenters. The lowest BCUT2D eigenvalue weighted by Crippen LogP contribution is -2.06. The van der Waals surface area contributed by atoms with Crippen LogP contribution in [0.15, 0.2) is 24.3 Å². The minimum absolute atomic E-state index is 0.0589. The number of halogens is 2. The molecule has 0 saturated heterocycles. The first-order chi connectivity index (χ1) is 9.52. The lowest BCUT2D eigenvalue weighted by molar-refractivity contribution is 0.0606. The van der Waals surface area contributed by atoms with E-state index < -0.39 is 5.97 Å². The number of hydrogen-bond donors (Lipinski definition) is 1. The van der Waals surface area contributed by atoms with Gasteiger partial charge < -0.3 is 10.1 Å². The van der Waals surface area contributed by atoms with Crippen LogP contribution >= 0.6 is 34.5 Å². The minimum Gasteiger partial charge on any atom is -0.465 e. The van der Waals surface area contributed by atoms with E-state index >= 15 is 0 Å². The van der Waals surface area contributed by atoms with Crippen molar-refractivity contribution in [3.8, 4) is 0 Å². The van der Waals surface area contributed by atoms with E-state index in [0.717, 1.165) is 16.9 Å². The third-order valence-electron chi connectivity index (χ3n) is 2.67. The van der Waals surface area contributed by atoms with Gasteiger partial charge in [-0.15, -0.1) is 0 Å². The zero-order valence-electron chi connectivity index (χ0n) is 10.8. The second-order valence-corrected chi connectivity index (χ2v) is 5.78. The highest BCUT2D eigenvalue weighted by Crippen LogP contribution is 2.31. The zero-order valence-corrected chi connectivity index (χ0v) is 13.1. The Labute approximate surface area is 130 Å². The summed E-state index contributed by atoms with van der Waals surface area (Å²) >= 11 is 13.2. The van der Waals surface area contributed by atoms with Crippen molar-refractivity contribution in [1.29, 1.82) is 0 Å². The summed E-state index contributed by atoms with van der Waals surface area (Å²) < 4.78 is 4.64. The highest BCUT2D eigenvalue weighted by atomic mass is 35.5. The smallest absolute Gasteiger partial charge is 0.351 e.